The Morgan fingerprint density at radius 2 is 1.45 bits per heavy atom. The second-order valence-electron chi connectivity index (χ2n) is 17.1. The summed E-state index contributed by atoms with van der Waals surface area (Å²) in [5, 5.41) is 42.6. The highest BCUT2D eigenvalue weighted by atomic mass is 16.6. The number of phenols is 2. The van der Waals surface area contributed by atoms with Crippen LogP contribution >= 0.6 is 0 Å². The van der Waals surface area contributed by atoms with Crippen LogP contribution in [-0.4, -0.2) is 93.2 Å². The minimum absolute atomic E-state index is 0.0924. The molecule has 4 aromatic rings. The molecule has 0 saturated heterocycles. The molecule has 1 aliphatic heterocycles. The number of alkyl carbamates (subject to hydrolysis) is 1. The number of carboxylic acid groups (broad SMARTS) is 1. The minimum atomic E-state index is -1.47. The van der Waals surface area contributed by atoms with Crippen LogP contribution in [0.4, 0.5) is 4.79 Å². The highest BCUT2D eigenvalue weighted by molar-refractivity contribution is 5.99. The predicted octanol–water partition coefficient (Wildman–Crippen LogP) is 6.40. The Hall–Kier alpha value is -6.90. The Bertz CT molecular complexity index is 2320. The molecule has 15 nitrogen and oxygen atoms in total. The first-order valence-electron chi connectivity index (χ1n) is 21.6. The Labute approximate surface area is 373 Å². The third-order valence-electron chi connectivity index (χ3n) is 10.9. The van der Waals surface area contributed by atoms with E-state index in [-0.39, 0.29) is 53.1 Å². The number of nitrogens with one attached hydrogen (secondary N) is 4. The Morgan fingerprint density at radius 3 is 2.08 bits per heavy atom. The van der Waals surface area contributed by atoms with Crippen LogP contribution in [0.5, 0.6) is 11.5 Å². The van der Waals surface area contributed by atoms with Crippen molar-refractivity contribution in [2.24, 2.45) is 0 Å². The molecule has 15 heteroatoms. The zero-order valence-corrected chi connectivity index (χ0v) is 37.2. The SMILES string of the molecule is CCCCc1ccc(-c2ccc(C(=O)N[C@@H](CCCCNC(=O)OC(C)(C)C)C(=O)N(C)[C@@H]3C(=O)N[C@@H](C)C(=O)N[C@H](C(=O)O)Cc4ccc(O)c(c4)-c4cc3ccc4O)cc2)cc1. The van der Waals surface area contributed by atoms with Gasteiger partial charge in [0.2, 0.25) is 17.7 Å². The second-order valence-corrected chi connectivity index (χ2v) is 17.1. The maximum absolute atomic E-state index is 14.7. The molecule has 4 bridgehead atoms. The number of aromatic hydroxyl groups is 2. The lowest BCUT2D eigenvalue weighted by Gasteiger charge is -2.32. The van der Waals surface area contributed by atoms with Gasteiger partial charge in [0.25, 0.3) is 5.91 Å². The summed E-state index contributed by atoms with van der Waals surface area (Å²) in [4.78, 5) is 81.9. The second kappa shape index (κ2) is 21.5. The monoisotopic (exact) mass is 877 g/mol. The van der Waals surface area contributed by atoms with Gasteiger partial charge in [-0.2, -0.15) is 0 Å². The molecule has 0 aliphatic carbocycles. The summed E-state index contributed by atoms with van der Waals surface area (Å²) in [6, 6.07) is 18.4. The quantitative estimate of drug-likeness (QED) is 0.0691. The molecule has 1 heterocycles. The van der Waals surface area contributed by atoms with Crippen molar-refractivity contribution < 1.29 is 48.8 Å². The number of carbonyl (C=O) groups excluding carboxylic acids is 5. The van der Waals surface area contributed by atoms with E-state index in [0.717, 1.165) is 35.3 Å². The molecule has 0 spiro atoms. The number of likely N-dealkylation sites (N-methyl/N-ethyl adjacent to an activating group) is 1. The average Bonchev–Trinajstić information content (AvgIpc) is 3.25. The normalized spacial score (nSPS) is 16.9. The molecule has 7 N–H and O–H groups in total. The number of hydrogen-bond donors (Lipinski definition) is 7. The molecule has 0 unspecified atom stereocenters. The highest BCUT2D eigenvalue weighted by Gasteiger charge is 2.36. The number of carbonyl (C=O) groups is 6. The molecule has 0 aromatic heterocycles. The third kappa shape index (κ3) is 12.8. The van der Waals surface area contributed by atoms with Crippen molar-refractivity contribution in [2.75, 3.05) is 13.6 Å². The van der Waals surface area contributed by atoms with Crippen LogP contribution in [0.2, 0.25) is 0 Å². The number of nitrogens with zero attached hydrogens (tertiary/aromatic N) is 1. The Morgan fingerprint density at radius 1 is 0.828 bits per heavy atom. The zero-order chi connectivity index (χ0) is 46.7. The number of benzene rings is 4. The van der Waals surface area contributed by atoms with Gasteiger partial charge in [0.15, 0.2) is 0 Å². The highest BCUT2D eigenvalue weighted by Crippen LogP contribution is 2.39. The topological polar surface area (TPSA) is 224 Å². The van der Waals surface area contributed by atoms with E-state index < -0.39 is 65.5 Å². The molecule has 0 radical (unpaired) electrons. The van der Waals surface area contributed by atoms with Crippen LogP contribution in [0.25, 0.3) is 22.3 Å². The van der Waals surface area contributed by atoms with Gasteiger partial charge < -0.3 is 46.2 Å². The summed E-state index contributed by atoms with van der Waals surface area (Å²) >= 11 is 0. The van der Waals surface area contributed by atoms with E-state index in [1.54, 1.807) is 32.9 Å². The van der Waals surface area contributed by atoms with Gasteiger partial charge in [0.05, 0.1) is 0 Å². The lowest BCUT2D eigenvalue weighted by Crippen LogP contribution is -2.54. The summed E-state index contributed by atoms with van der Waals surface area (Å²) in [5.74, 6) is -4.69. The van der Waals surface area contributed by atoms with Gasteiger partial charge in [-0.3, -0.25) is 19.2 Å². The van der Waals surface area contributed by atoms with Crippen LogP contribution < -0.4 is 21.3 Å². The van der Waals surface area contributed by atoms with Crippen LogP contribution in [0, 0.1) is 0 Å². The van der Waals surface area contributed by atoms with E-state index in [2.05, 4.69) is 40.3 Å². The van der Waals surface area contributed by atoms with Gasteiger partial charge in [-0.25, -0.2) is 9.59 Å². The van der Waals surface area contributed by atoms with Crippen molar-refractivity contribution in [1.82, 2.24) is 26.2 Å². The summed E-state index contributed by atoms with van der Waals surface area (Å²) in [6.45, 7) is 8.99. The van der Waals surface area contributed by atoms with Crippen molar-refractivity contribution in [3.05, 3.63) is 107 Å². The van der Waals surface area contributed by atoms with Crippen LogP contribution in [0.3, 0.4) is 0 Å². The van der Waals surface area contributed by atoms with E-state index in [1.807, 2.05) is 24.3 Å². The summed E-state index contributed by atoms with van der Waals surface area (Å²) in [5.41, 5.74) is 3.55. The van der Waals surface area contributed by atoms with E-state index in [4.69, 9.17) is 4.74 Å². The number of rotatable bonds is 14. The maximum Gasteiger partial charge on any atom is 0.407 e. The van der Waals surface area contributed by atoms with E-state index in [1.165, 1.54) is 55.9 Å². The van der Waals surface area contributed by atoms with Crippen molar-refractivity contribution >= 4 is 35.7 Å². The van der Waals surface area contributed by atoms with Crippen molar-refractivity contribution in [3.63, 3.8) is 0 Å². The number of aryl methyl sites for hydroxylation is 1. The van der Waals surface area contributed by atoms with Gasteiger partial charge in [0, 0.05) is 36.7 Å². The number of ether oxygens (including phenoxy) is 1. The number of aliphatic carboxylic acids is 1. The fourth-order valence-corrected chi connectivity index (χ4v) is 7.42. The molecular formula is C49H59N5O10. The van der Waals surface area contributed by atoms with Crippen molar-refractivity contribution in [1.29, 1.82) is 0 Å². The number of fused-ring (bicyclic) bond motifs is 5. The molecule has 1 aliphatic rings. The zero-order valence-electron chi connectivity index (χ0n) is 37.2. The number of carboxylic acids is 1. The van der Waals surface area contributed by atoms with Gasteiger partial charge in [-0.1, -0.05) is 61.9 Å². The van der Waals surface area contributed by atoms with Crippen LogP contribution in [-0.2, 0) is 36.8 Å². The van der Waals surface area contributed by atoms with Gasteiger partial charge in [-0.05, 0) is 124 Å². The lowest BCUT2D eigenvalue weighted by atomic mass is 9.93. The van der Waals surface area contributed by atoms with Crippen molar-refractivity contribution in [2.45, 2.75) is 109 Å². The predicted molar refractivity (Wildman–Crippen MR) is 241 cm³/mol. The molecular weight excluding hydrogens is 819 g/mol. The molecule has 0 fully saturated rings. The molecule has 5 rings (SSSR count). The van der Waals surface area contributed by atoms with Crippen LogP contribution in [0.1, 0.15) is 99.8 Å². The average molecular weight is 878 g/mol. The number of amides is 5. The molecule has 0 saturated carbocycles. The van der Waals surface area contributed by atoms with Gasteiger partial charge in [-0.15, -0.1) is 0 Å². The lowest BCUT2D eigenvalue weighted by molar-refractivity contribution is -0.143. The molecule has 5 amide bonds. The minimum Gasteiger partial charge on any atom is -0.507 e. The van der Waals surface area contributed by atoms with E-state index in [9.17, 15) is 44.1 Å². The van der Waals surface area contributed by atoms with Gasteiger partial charge >= 0.3 is 12.1 Å². The fraction of sp³-hybridized carbons (Fsp3) is 0.388. The van der Waals surface area contributed by atoms with Crippen LogP contribution in [0.15, 0.2) is 84.9 Å². The standard InChI is InChI=1S/C49H59N5O10/c1-7-8-11-30-13-16-32(17-14-30)33-18-20-34(21-19-33)44(58)52-38(12-9-10-25-50-48(63)64-49(3,4)5)46(60)54(6)42-35-22-24-41(56)37(28-35)36-26-31(15-23-40(36)55)27-39(47(61)62)53-43(57)29(2)51-45(42)59/h13-24,26,28-29,38-39,42,55-56H,7-12,25,27H2,1-6H3,(H,50,63)(H,51,59)(H,52,58)(H,53,57)(H,61,62)/t29-,38-,39-,42-/m0/s1. The third-order valence-corrected chi connectivity index (χ3v) is 10.9. The number of unbranched alkanes of at least 4 members (excludes halogenated alkanes) is 2. The first kappa shape index (κ1) is 48.1. The molecule has 340 valence electrons. The molecule has 4 aromatic carbocycles. The molecule has 4 atom stereocenters. The van der Waals surface area contributed by atoms with Gasteiger partial charge in [0.1, 0.15) is 41.3 Å². The maximum atomic E-state index is 14.7. The summed E-state index contributed by atoms with van der Waals surface area (Å²) < 4.78 is 5.32. The van der Waals surface area contributed by atoms with E-state index in [0.29, 0.717) is 18.4 Å². The first-order chi connectivity index (χ1) is 30.3. The Kier molecular flexibility index (Phi) is 16.1. The number of hydrogen-bond acceptors (Lipinski definition) is 9. The Balaban J connectivity index is 1.46. The first-order valence-corrected chi connectivity index (χ1v) is 21.6. The largest absolute Gasteiger partial charge is 0.507 e. The summed E-state index contributed by atoms with van der Waals surface area (Å²) in [6.07, 6.45) is 3.29. The summed E-state index contributed by atoms with van der Waals surface area (Å²) in [7, 11) is 1.37. The fourth-order valence-electron chi connectivity index (χ4n) is 7.42. The molecule has 64 heavy (non-hydrogen) atoms. The number of phenolic OH excluding ortho intramolecular Hbond substituents is 2. The smallest absolute Gasteiger partial charge is 0.407 e. The van der Waals surface area contributed by atoms with Crippen molar-refractivity contribution in [3.8, 4) is 33.8 Å². The van der Waals surface area contributed by atoms with E-state index >= 15 is 0 Å².